The van der Waals surface area contributed by atoms with Crippen molar-refractivity contribution in [2.45, 2.75) is 57.4 Å². The van der Waals surface area contributed by atoms with E-state index in [9.17, 15) is 34.5 Å². The number of hydrogen-bond donors (Lipinski definition) is 3. The lowest BCUT2D eigenvalue weighted by molar-refractivity contribution is -0.358. The van der Waals surface area contributed by atoms with Crippen molar-refractivity contribution in [3.8, 4) is 0 Å². The van der Waals surface area contributed by atoms with Gasteiger partial charge >= 0.3 is 17.7 Å². The number of aliphatic hydroxyl groups is 3. The number of carbonyl (C=O) groups excluding carboxylic acids is 4. The molecule has 0 bridgehead atoms. The third kappa shape index (κ3) is 2.93. The first-order valence-electron chi connectivity index (χ1n) is 7.02. The summed E-state index contributed by atoms with van der Waals surface area (Å²) < 4.78 is 15.0. The van der Waals surface area contributed by atoms with Gasteiger partial charge in [0.2, 0.25) is 5.78 Å². The maximum Gasteiger partial charge on any atom is 0.324 e. The van der Waals surface area contributed by atoms with E-state index in [4.69, 9.17) is 14.2 Å². The first-order valence-corrected chi connectivity index (χ1v) is 7.02. The van der Waals surface area contributed by atoms with E-state index in [2.05, 4.69) is 0 Å². The monoisotopic (exact) mass is 348 g/mol. The molecule has 1 aliphatic rings. The zero-order valence-electron chi connectivity index (χ0n) is 13.6. The van der Waals surface area contributed by atoms with Gasteiger partial charge in [0.15, 0.2) is 5.78 Å². The van der Waals surface area contributed by atoms with E-state index in [-0.39, 0.29) is 0 Å². The summed E-state index contributed by atoms with van der Waals surface area (Å²) in [5, 5.41) is 29.8. The SMILES string of the molecule is CC(=O)O[C@@]1(C(C)=O)O[C@H](CO)[C@H](O)[C@H](O)[C@]1(OC(C)=O)C(C)=O. The minimum absolute atomic E-state index is 0.864. The fourth-order valence-electron chi connectivity index (χ4n) is 2.74. The predicted molar refractivity (Wildman–Crippen MR) is 74.3 cm³/mol. The van der Waals surface area contributed by atoms with E-state index in [0.717, 1.165) is 27.7 Å². The van der Waals surface area contributed by atoms with Crippen LogP contribution in [0.4, 0.5) is 0 Å². The van der Waals surface area contributed by atoms with Crippen LogP contribution in [0.2, 0.25) is 0 Å². The van der Waals surface area contributed by atoms with E-state index in [0.29, 0.717) is 0 Å². The molecule has 0 amide bonds. The summed E-state index contributed by atoms with van der Waals surface area (Å²) in [6.07, 6.45) is -5.68. The Kier molecular flexibility index (Phi) is 5.82. The molecular formula is C14H20O10. The summed E-state index contributed by atoms with van der Waals surface area (Å²) in [4.78, 5) is 47.5. The molecule has 1 heterocycles. The first-order chi connectivity index (χ1) is 11.0. The zero-order valence-corrected chi connectivity index (χ0v) is 13.6. The van der Waals surface area contributed by atoms with Crippen LogP contribution in [0.15, 0.2) is 0 Å². The van der Waals surface area contributed by atoms with Gasteiger partial charge in [0, 0.05) is 20.8 Å². The average Bonchev–Trinajstić information content (AvgIpc) is 2.45. The Morgan fingerprint density at radius 3 is 1.79 bits per heavy atom. The van der Waals surface area contributed by atoms with Crippen molar-refractivity contribution in [3.63, 3.8) is 0 Å². The minimum atomic E-state index is -2.86. The Balaban J connectivity index is 3.76. The van der Waals surface area contributed by atoms with Gasteiger partial charge < -0.3 is 29.5 Å². The fourth-order valence-corrected chi connectivity index (χ4v) is 2.74. The van der Waals surface area contributed by atoms with E-state index in [1.807, 2.05) is 0 Å². The number of ketones is 2. The molecule has 0 aromatic rings. The molecule has 1 fully saturated rings. The lowest BCUT2D eigenvalue weighted by atomic mass is 9.75. The van der Waals surface area contributed by atoms with Gasteiger partial charge in [-0.05, 0) is 6.92 Å². The Hall–Kier alpha value is -1.88. The van der Waals surface area contributed by atoms with Crippen LogP contribution in [0.3, 0.4) is 0 Å². The number of esters is 2. The van der Waals surface area contributed by atoms with Crippen molar-refractivity contribution in [2.75, 3.05) is 6.61 Å². The molecule has 3 N–H and O–H groups in total. The van der Waals surface area contributed by atoms with E-state index < -0.39 is 59.8 Å². The third-order valence-corrected chi connectivity index (χ3v) is 3.69. The van der Waals surface area contributed by atoms with Crippen molar-refractivity contribution in [1.82, 2.24) is 0 Å². The van der Waals surface area contributed by atoms with Crippen molar-refractivity contribution < 1.29 is 48.7 Å². The largest absolute Gasteiger partial charge is 0.441 e. The van der Waals surface area contributed by atoms with Crippen LogP contribution in [0, 0.1) is 0 Å². The minimum Gasteiger partial charge on any atom is -0.441 e. The van der Waals surface area contributed by atoms with Crippen LogP contribution >= 0.6 is 0 Å². The summed E-state index contributed by atoms with van der Waals surface area (Å²) in [5.74, 6) is -7.22. The van der Waals surface area contributed by atoms with Gasteiger partial charge in [-0.15, -0.1) is 0 Å². The van der Waals surface area contributed by atoms with Crippen LogP contribution in [-0.2, 0) is 33.4 Å². The number of Topliss-reactive ketones (excluding diaryl/α,β-unsaturated/α-hetero) is 2. The quantitative estimate of drug-likeness (QED) is 0.467. The molecule has 0 saturated carbocycles. The summed E-state index contributed by atoms with van der Waals surface area (Å²) in [6, 6.07) is 0. The molecule has 0 unspecified atom stereocenters. The van der Waals surface area contributed by atoms with Crippen LogP contribution in [-0.4, -0.2) is 75.1 Å². The summed E-state index contributed by atoms with van der Waals surface area (Å²) in [5.41, 5.74) is -2.83. The Bertz CT molecular complexity index is 558. The second-order valence-electron chi connectivity index (χ2n) is 5.43. The number of hydrogen-bond acceptors (Lipinski definition) is 10. The molecule has 1 rings (SSSR count). The van der Waals surface area contributed by atoms with Crippen molar-refractivity contribution in [2.24, 2.45) is 0 Å². The molecule has 136 valence electrons. The number of rotatable bonds is 5. The topological polar surface area (TPSA) is 157 Å². The second kappa shape index (κ2) is 6.93. The lowest BCUT2D eigenvalue weighted by Crippen LogP contribution is -2.80. The van der Waals surface area contributed by atoms with Gasteiger partial charge in [0.25, 0.3) is 5.60 Å². The molecule has 24 heavy (non-hydrogen) atoms. The fraction of sp³-hybridized carbons (Fsp3) is 0.714. The van der Waals surface area contributed by atoms with Crippen molar-refractivity contribution >= 4 is 23.5 Å². The highest BCUT2D eigenvalue weighted by Crippen LogP contribution is 2.43. The summed E-state index contributed by atoms with van der Waals surface area (Å²) in [6.45, 7) is 2.66. The third-order valence-electron chi connectivity index (χ3n) is 3.69. The molecule has 0 radical (unpaired) electrons. The number of carbonyl (C=O) groups is 4. The van der Waals surface area contributed by atoms with Crippen molar-refractivity contribution in [3.05, 3.63) is 0 Å². The molecule has 0 aromatic carbocycles. The highest BCUT2D eigenvalue weighted by molar-refractivity contribution is 6.00. The summed E-state index contributed by atoms with van der Waals surface area (Å²) in [7, 11) is 0. The molecule has 1 saturated heterocycles. The molecular weight excluding hydrogens is 328 g/mol. The highest BCUT2D eigenvalue weighted by atomic mass is 16.8. The van der Waals surface area contributed by atoms with E-state index in [1.165, 1.54) is 0 Å². The summed E-state index contributed by atoms with van der Waals surface area (Å²) >= 11 is 0. The van der Waals surface area contributed by atoms with Crippen LogP contribution < -0.4 is 0 Å². The molecule has 0 aromatic heterocycles. The Labute approximate surface area is 137 Å². The lowest BCUT2D eigenvalue weighted by Gasteiger charge is -2.53. The molecule has 1 aliphatic heterocycles. The maximum absolute atomic E-state index is 12.3. The van der Waals surface area contributed by atoms with Crippen molar-refractivity contribution in [1.29, 1.82) is 0 Å². The number of aliphatic hydroxyl groups excluding tert-OH is 3. The normalized spacial score (nSPS) is 35.9. The molecule has 0 aliphatic carbocycles. The van der Waals surface area contributed by atoms with Gasteiger partial charge in [-0.3, -0.25) is 19.2 Å². The first kappa shape index (κ1) is 20.2. The Morgan fingerprint density at radius 1 is 0.958 bits per heavy atom. The smallest absolute Gasteiger partial charge is 0.324 e. The Morgan fingerprint density at radius 2 is 1.46 bits per heavy atom. The van der Waals surface area contributed by atoms with E-state index in [1.54, 1.807) is 0 Å². The highest BCUT2D eigenvalue weighted by Gasteiger charge is 2.74. The second-order valence-corrected chi connectivity index (χ2v) is 5.43. The predicted octanol–water partition coefficient (Wildman–Crippen LogP) is -2.16. The van der Waals surface area contributed by atoms with Gasteiger partial charge in [0.05, 0.1) is 6.61 Å². The standard InChI is InChI=1S/C14H20O10/c1-6(16)13(22-8(3)18)12(21)11(20)10(5-15)24-14(13,7(2)17)23-9(4)19/h10-12,15,20-21H,5H2,1-4H3/t10-,11+,12+,13-,14+/m1/s1. The molecule has 10 nitrogen and oxygen atoms in total. The van der Waals surface area contributed by atoms with Crippen LogP contribution in [0.25, 0.3) is 0 Å². The van der Waals surface area contributed by atoms with Gasteiger partial charge in [-0.25, -0.2) is 0 Å². The van der Waals surface area contributed by atoms with Gasteiger partial charge in [-0.1, -0.05) is 0 Å². The van der Waals surface area contributed by atoms with Gasteiger partial charge in [-0.2, -0.15) is 0 Å². The molecule has 5 atom stereocenters. The van der Waals surface area contributed by atoms with Crippen LogP contribution in [0.5, 0.6) is 0 Å². The van der Waals surface area contributed by atoms with E-state index >= 15 is 0 Å². The molecule has 10 heteroatoms. The number of ether oxygens (including phenoxy) is 3. The van der Waals surface area contributed by atoms with Crippen LogP contribution in [0.1, 0.15) is 27.7 Å². The zero-order chi connectivity index (χ0) is 18.9. The average molecular weight is 348 g/mol. The maximum atomic E-state index is 12.3. The van der Waals surface area contributed by atoms with Gasteiger partial charge in [0.1, 0.15) is 18.3 Å². The molecule has 0 spiro atoms.